The van der Waals surface area contributed by atoms with Crippen molar-refractivity contribution in [3.05, 3.63) is 52.2 Å². The second-order valence-electron chi connectivity index (χ2n) is 6.18. The van der Waals surface area contributed by atoms with Gasteiger partial charge in [-0.05, 0) is 42.0 Å². The second-order valence-corrected chi connectivity index (χ2v) is 7.22. The molecule has 0 amide bonds. The van der Waals surface area contributed by atoms with Gasteiger partial charge in [-0.3, -0.25) is 4.90 Å². The van der Waals surface area contributed by atoms with Crippen LogP contribution >= 0.6 is 11.3 Å². The number of thiophene rings is 1. The van der Waals surface area contributed by atoms with Crippen LogP contribution in [-0.4, -0.2) is 35.3 Å². The van der Waals surface area contributed by atoms with Crippen LogP contribution in [0.4, 0.5) is 0 Å². The van der Waals surface area contributed by atoms with E-state index in [1.165, 1.54) is 17.7 Å². The van der Waals surface area contributed by atoms with Crippen molar-refractivity contribution in [1.29, 1.82) is 5.26 Å². The summed E-state index contributed by atoms with van der Waals surface area (Å²) in [4.78, 5) is 3.69. The molecule has 0 aliphatic heterocycles. The number of rotatable bonds is 9. The van der Waals surface area contributed by atoms with E-state index in [2.05, 4.69) is 28.5 Å². The lowest BCUT2D eigenvalue weighted by Crippen LogP contribution is -2.36. The highest BCUT2D eigenvalue weighted by molar-refractivity contribution is 7.09. The number of aliphatic hydroxyl groups excluding tert-OH is 1. The molecular formula is C19H22N2O2S. The van der Waals surface area contributed by atoms with Crippen LogP contribution in [0.2, 0.25) is 0 Å². The van der Waals surface area contributed by atoms with Gasteiger partial charge in [0.2, 0.25) is 0 Å². The van der Waals surface area contributed by atoms with Crippen LogP contribution in [0.1, 0.15) is 23.3 Å². The maximum atomic E-state index is 10.3. The Kier molecular flexibility index (Phi) is 5.86. The highest BCUT2D eigenvalue weighted by atomic mass is 32.1. The lowest BCUT2D eigenvalue weighted by Gasteiger charge is -2.24. The van der Waals surface area contributed by atoms with E-state index in [-0.39, 0.29) is 6.61 Å². The lowest BCUT2D eigenvalue weighted by atomic mass is 10.2. The number of ether oxygens (including phenoxy) is 1. The molecule has 2 aromatic rings. The lowest BCUT2D eigenvalue weighted by molar-refractivity contribution is 0.0630. The van der Waals surface area contributed by atoms with Crippen molar-refractivity contribution in [3.63, 3.8) is 0 Å². The minimum Gasteiger partial charge on any atom is -0.491 e. The molecule has 0 saturated heterocycles. The van der Waals surface area contributed by atoms with Crippen molar-refractivity contribution in [2.75, 3.05) is 13.2 Å². The standard InChI is InChI=1S/C19H22N2O2S/c20-10-9-15-3-7-18(8-4-15)23-14-17(22)12-21(16-5-6-16)13-19-2-1-11-24-19/h1-4,7-8,11,16-17,22H,5-6,9,12-14H2/t17-/m1/s1. The largest absolute Gasteiger partial charge is 0.491 e. The summed E-state index contributed by atoms with van der Waals surface area (Å²) >= 11 is 1.76. The first-order valence-electron chi connectivity index (χ1n) is 8.28. The summed E-state index contributed by atoms with van der Waals surface area (Å²) in [5, 5.41) is 21.1. The minimum absolute atomic E-state index is 0.283. The van der Waals surface area contributed by atoms with Gasteiger partial charge >= 0.3 is 0 Å². The fourth-order valence-corrected chi connectivity index (χ4v) is 3.43. The summed E-state index contributed by atoms with van der Waals surface area (Å²) in [7, 11) is 0. The van der Waals surface area contributed by atoms with Crippen molar-refractivity contribution in [3.8, 4) is 11.8 Å². The number of nitriles is 1. The summed E-state index contributed by atoms with van der Waals surface area (Å²) < 4.78 is 5.68. The molecule has 0 bridgehead atoms. The van der Waals surface area contributed by atoms with Gasteiger partial charge in [0, 0.05) is 24.0 Å². The van der Waals surface area contributed by atoms with E-state index in [1.807, 2.05) is 24.3 Å². The zero-order valence-electron chi connectivity index (χ0n) is 13.6. The van der Waals surface area contributed by atoms with Gasteiger partial charge in [-0.1, -0.05) is 18.2 Å². The Morgan fingerprint density at radius 2 is 2.08 bits per heavy atom. The molecule has 1 heterocycles. The molecule has 1 fully saturated rings. The molecule has 3 rings (SSSR count). The van der Waals surface area contributed by atoms with Crippen LogP contribution in [0, 0.1) is 11.3 Å². The fourth-order valence-electron chi connectivity index (χ4n) is 2.70. The third kappa shape index (κ3) is 5.07. The first-order valence-corrected chi connectivity index (χ1v) is 9.16. The van der Waals surface area contributed by atoms with Crippen molar-refractivity contribution >= 4 is 11.3 Å². The number of hydrogen-bond acceptors (Lipinski definition) is 5. The monoisotopic (exact) mass is 342 g/mol. The van der Waals surface area contributed by atoms with Crippen molar-refractivity contribution in [1.82, 2.24) is 4.90 Å². The number of nitrogens with zero attached hydrogens (tertiary/aromatic N) is 2. The average molecular weight is 342 g/mol. The highest BCUT2D eigenvalue weighted by Crippen LogP contribution is 2.29. The first kappa shape index (κ1) is 17.0. The third-order valence-corrected chi connectivity index (χ3v) is 4.96. The molecule has 0 unspecified atom stereocenters. The van der Waals surface area contributed by atoms with Gasteiger partial charge in [-0.2, -0.15) is 5.26 Å². The molecule has 1 atom stereocenters. The van der Waals surface area contributed by atoms with Crippen molar-refractivity contribution in [2.24, 2.45) is 0 Å². The molecule has 4 nitrogen and oxygen atoms in total. The van der Waals surface area contributed by atoms with E-state index < -0.39 is 6.10 Å². The van der Waals surface area contributed by atoms with Gasteiger partial charge in [-0.25, -0.2) is 0 Å². The van der Waals surface area contributed by atoms with Crippen LogP contribution in [0.15, 0.2) is 41.8 Å². The topological polar surface area (TPSA) is 56.5 Å². The zero-order chi connectivity index (χ0) is 16.8. The third-order valence-electron chi connectivity index (χ3n) is 4.10. The Morgan fingerprint density at radius 1 is 1.29 bits per heavy atom. The first-order chi connectivity index (χ1) is 11.7. The molecule has 1 N–H and O–H groups in total. The molecule has 1 saturated carbocycles. The number of benzene rings is 1. The SMILES string of the molecule is N#CCc1ccc(OC[C@H](O)CN(Cc2cccs2)C2CC2)cc1. The predicted octanol–water partition coefficient (Wildman–Crippen LogP) is 3.22. The summed E-state index contributed by atoms with van der Waals surface area (Å²) in [6, 6.07) is 14.4. The molecule has 0 spiro atoms. The summed E-state index contributed by atoms with van der Waals surface area (Å²) in [5.74, 6) is 0.729. The maximum Gasteiger partial charge on any atom is 0.119 e. The van der Waals surface area contributed by atoms with Gasteiger partial charge in [0.05, 0.1) is 12.5 Å². The van der Waals surface area contributed by atoms with E-state index in [9.17, 15) is 5.11 Å². The fraction of sp³-hybridized carbons (Fsp3) is 0.421. The van der Waals surface area contributed by atoms with Crippen LogP contribution in [0.5, 0.6) is 5.75 Å². The molecular weight excluding hydrogens is 320 g/mol. The van der Waals surface area contributed by atoms with Gasteiger partial charge in [-0.15, -0.1) is 11.3 Å². The van der Waals surface area contributed by atoms with Crippen LogP contribution in [0.25, 0.3) is 0 Å². The van der Waals surface area contributed by atoms with Gasteiger partial charge < -0.3 is 9.84 Å². The number of aliphatic hydroxyl groups is 1. The molecule has 1 aliphatic carbocycles. The molecule has 5 heteroatoms. The average Bonchev–Trinajstić information content (AvgIpc) is 3.31. The van der Waals surface area contributed by atoms with Crippen molar-refractivity contribution < 1.29 is 9.84 Å². The predicted molar refractivity (Wildman–Crippen MR) is 95.0 cm³/mol. The zero-order valence-corrected chi connectivity index (χ0v) is 14.4. The quantitative estimate of drug-likeness (QED) is 0.760. The summed E-state index contributed by atoms with van der Waals surface area (Å²) in [5.41, 5.74) is 0.973. The second kappa shape index (κ2) is 8.29. The van der Waals surface area contributed by atoms with E-state index in [1.54, 1.807) is 11.3 Å². The molecule has 0 radical (unpaired) electrons. The molecule has 1 aromatic heterocycles. The van der Waals surface area contributed by atoms with Crippen LogP contribution in [0.3, 0.4) is 0 Å². The Hall–Kier alpha value is -1.87. The Bertz CT molecular complexity index is 660. The Balaban J connectivity index is 1.47. The van der Waals surface area contributed by atoms with Gasteiger partial charge in [0.15, 0.2) is 0 Å². The van der Waals surface area contributed by atoms with Gasteiger partial charge in [0.25, 0.3) is 0 Å². The Morgan fingerprint density at radius 3 is 2.71 bits per heavy atom. The highest BCUT2D eigenvalue weighted by Gasteiger charge is 2.30. The number of hydrogen-bond donors (Lipinski definition) is 1. The van der Waals surface area contributed by atoms with E-state index in [0.717, 1.165) is 17.9 Å². The van der Waals surface area contributed by atoms with E-state index in [4.69, 9.17) is 10.00 Å². The maximum absolute atomic E-state index is 10.3. The molecule has 1 aromatic carbocycles. The Labute approximate surface area is 146 Å². The smallest absolute Gasteiger partial charge is 0.119 e. The summed E-state index contributed by atoms with van der Waals surface area (Å²) in [6.07, 6.45) is 2.34. The molecule has 126 valence electrons. The van der Waals surface area contributed by atoms with Crippen LogP contribution in [-0.2, 0) is 13.0 Å². The van der Waals surface area contributed by atoms with E-state index in [0.29, 0.717) is 19.0 Å². The normalized spacial score (nSPS) is 15.2. The summed E-state index contributed by atoms with van der Waals surface area (Å²) in [6.45, 7) is 1.82. The molecule has 1 aliphatic rings. The van der Waals surface area contributed by atoms with Gasteiger partial charge in [0.1, 0.15) is 18.5 Å². The molecule has 24 heavy (non-hydrogen) atoms. The van der Waals surface area contributed by atoms with Crippen molar-refractivity contribution in [2.45, 2.75) is 38.0 Å². The van der Waals surface area contributed by atoms with Crippen LogP contribution < -0.4 is 4.74 Å². The van der Waals surface area contributed by atoms with E-state index >= 15 is 0 Å². The minimum atomic E-state index is -0.510.